The average molecular weight is 437 g/mol. The lowest BCUT2D eigenvalue weighted by Crippen LogP contribution is -2.18. The second-order valence-electron chi connectivity index (χ2n) is 5.91. The molecule has 7 heteroatoms. The molecule has 0 N–H and O–H groups in total. The van der Waals surface area contributed by atoms with Crippen molar-refractivity contribution in [2.45, 2.75) is 24.3 Å². The van der Waals surface area contributed by atoms with Gasteiger partial charge < -0.3 is 4.57 Å². The lowest BCUT2D eigenvalue weighted by molar-refractivity contribution is -0.118. The number of carbonyl (C=O) groups excluding carboxylic acids is 1. The average Bonchev–Trinajstić information content (AvgIpc) is 3.00. The summed E-state index contributed by atoms with van der Waals surface area (Å²) in [6.07, 6.45) is 3.37. The summed E-state index contributed by atoms with van der Waals surface area (Å²) in [5, 5.41) is 0.705. The molecule has 1 heterocycles. The number of thioether (sulfide) groups is 2. The Labute approximate surface area is 176 Å². The number of fused-ring (bicyclic) bond motifs is 1. The van der Waals surface area contributed by atoms with Crippen molar-refractivity contribution in [2.24, 2.45) is 4.99 Å². The Morgan fingerprint density at radius 1 is 1.19 bits per heavy atom. The predicted molar refractivity (Wildman–Crippen MR) is 120 cm³/mol. The molecule has 0 saturated carbocycles. The first kappa shape index (κ1) is 20.5. The summed E-state index contributed by atoms with van der Waals surface area (Å²) >= 11 is 11.2. The van der Waals surface area contributed by atoms with E-state index < -0.39 is 0 Å². The van der Waals surface area contributed by atoms with Crippen molar-refractivity contribution in [3.8, 4) is 0 Å². The zero-order valence-corrected chi connectivity index (χ0v) is 18.3. The Morgan fingerprint density at radius 2 is 2.00 bits per heavy atom. The maximum atomic E-state index is 12.4. The summed E-state index contributed by atoms with van der Waals surface area (Å²) in [6, 6.07) is 16.1. The van der Waals surface area contributed by atoms with Crippen molar-refractivity contribution >= 4 is 62.6 Å². The van der Waals surface area contributed by atoms with Gasteiger partial charge in [0.05, 0.1) is 10.2 Å². The molecule has 2 aromatic carbocycles. The highest BCUT2D eigenvalue weighted by atomic mass is 35.5. The Morgan fingerprint density at radius 3 is 2.78 bits per heavy atom. The predicted octanol–water partition coefficient (Wildman–Crippen LogP) is 5.72. The van der Waals surface area contributed by atoms with E-state index >= 15 is 0 Å². The number of aryl methyl sites for hydroxylation is 1. The summed E-state index contributed by atoms with van der Waals surface area (Å²) in [5.74, 6) is 1.84. The SMILES string of the molecule is CSCCn1c(=NC(=O)CCCSc2ccccc2)sc2cc(Cl)ccc21. The lowest BCUT2D eigenvalue weighted by Gasteiger charge is -2.04. The van der Waals surface area contributed by atoms with Crippen molar-refractivity contribution in [2.75, 3.05) is 17.8 Å². The third-order valence-corrected chi connectivity index (χ3v) is 6.90. The number of carbonyl (C=O) groups is 1. The van der Waals surface area contributed by atoms with Crippen LogP contribution in [0.1, 0.15) is 12.8 Å². The normalized spacial score (nSPS) is 12.0. The van der Waals surface area contributed by atoms with Crippen LogP contribution in [0.2, 0.25) is 5.02 Å². The van der Waals surface area contributed by atoms with Crippen molar-refractivity contribution in [1.29, 1.82) is 0 Å². The summed E-state index contributed by atoms with van der Waals surface area (Å²) in [5.41, 5.74) is 1.09. The van der Waals surface area contributed by atoms with Gasteiger partial charge in [-0.3, -0.25) is 4.79 Å². The van der Waals surface area contributed by atoms with Gasteiger partial charge in [-0.2, -0.15) is 16.8 Å². The van der Waals surface area contributed by atoms with Crippen molar-refractivity contribution < 1.29 is 4.79 Å². The number of thiazole rings is 1. The molecule has 0 aliphatic carbocycles. The Hall–Kier alpha value is -1.21. The number of amides is 1. The van der Waals surface area contributed by atoms with Gasteiger partial charge in [0.1, 0.15) is 0 Å². The molecule has 0 aliphatic rings. The second-order valence-corrected chi connectivity index (χ2v) is 9.51. The third-order valence-electron chi connectivity index (χ3n) is 3.93. The number of rotatable bonds is 8. The van der Waals surface area contributed by atoms with Gasteiger partial charge in [-0.1, -0.05) is 41.1 Å². The highest BCUT2D eigenvalue weighted by Crippen LogP contribution is 2.22. The van der Waals surface area contributed by atoms with Crippen LogP contribution >= 0.6 is 46.5 Å². The molecule has 0 atom stereocenters. The highest BCUT2D eigenvalue weighted by molar-refractivity contribution is 7.99. The van der Waals surface area contributed by atoms with E-state index in [1.165, 1.54) is 16.2 Å². The fraction of sp³-hybridized carbons (Fsp3) is 0.300. The molecule has 0 unspecified atom stereocenters. The minimum atomic E-state index is -0.0563. The van der Waals surface area contributed by atoms with Crippen LogP contribution in [0.5, 0.6) is 0 Å². The van der Waals surface area contributed by atoms with E-state index in [0.717, 1.165) is 39.5 Å². The van der Waals surface area contributed by atoms with Crippen LogP contribution in [0.15, 0.2) is 58.4 Å². The molecule has 0 bridgehead atoms. The lowest BCUT2D eigenvalue weighted by atomic mass is 10.3. The fourth-order valence-corrected chi connectivity index (χ4v) is 5.21. The van der Waals surface area contributed by atoms with Crippen LogP contribution in [0, 0.1) is 0 Å². The zero-order chi connectivity index (χ0) is 19.1. The van der Waals surface area contributed by atoms with Crippen LogP contribution in [0.4, 0.5) is 0 Å². The third kappa shape index (κ3) is 5.88. The smallest absolute Gasteiger partial charge is 0.248 e. The van der Waals surface area contributed by atoms with E-state index in [-0.39, 0.29) is 5.91 Å². The van der Waals surface area contributed by atoms with Crippen LogP contribution in [0.3, 0.4) is 0 Å². The molecule has 0 fully saturated rings. The summed E-state index contributed by atoms with van der Waals surface area (Å²) in [6.45, 7) is 0.832. The molecular formula is C20H21ClN2OS3. The molecule has 1 amide bonds. The standard InChI is InChI=1S/C20H21ClN2OS3/c1-25-13-11-23-17-10-9-15(21)14-18(17)27-20(23)22-19(24)8-5-12-26-16-6-3-2-4-7-16/h2-4,6-7,9-10,14H,5,8,11-13H2,1H3. The number of hydrogen-bond acceptors (Lipinski definition) is 4. The molecule has 1 aromatic heterocycles. The molecule has 27 heavy (non-hydrogen) atoms. The largest absolute Gasteiger partial charge is 0.316 e. The van der Waals surface area contributed by atoms with E-state index in [4.69, 9.17) is 11.6 Å². The van der Waals surface area contributed by atoms with Gasteiger partial charge in [-0.15, -0.1) is 11.8 Å². The van der Waals surface area contributed by atoms with E-state index in [2.05, 4.69) is 27.9 Å². The number of hydrogen-bond donors (Lipinski definition) is 0. The minimum Gasteiger partial charge on any atom is -0.316 e. The molecule has 0 spiro atoms. The zero-order valence-electron chi connectivity index (χ0n) is 15.1. The van der Waals surface area contributed by atoms with E-state index in [1.807, 2.05) is 36.4 Å². The van der Waals surface area contributed by atoms with Gasteiger partial charge in [0.2, 0.25) is 5.91 Å². The molecular weight excluding hydrogens is 416 g/mol. The van der Waals surface area contributed by atoms with Gasteiger partial charge in [0, 0.05) is 28.6 Å². The second kappa shape index (κ2) is 10.4. The Balaban J connectivity index is 1.69. The quantitative estimate of drug-likeness (QED) is 0.334. The van der Waals surface area contributed by atoms with E-state index in [0.29, 0.717) is 11.4 Å². The monoisotopic (exact) mass is 436 g/mol. The Kier molecular flexibility index (Phi) is 7.88. The van der Waals surface area contributed by atoms with E-state index in [9.17, 15) is 4.79 Å². The number of aromatic nitrogens is 1. The summed E-state index contributed by atoms with van der Waals surface area (Å²) < 4.78 is 3.19. The molecule has 3 nitrogen and oxygen atoms in total. The van der Waals surface area contributed by atoms with Crippen LogP contribution in [-0.4, -0.2) is 28.2 Å². The van der Waals surface area contributed by atoms with Gasteiger partial charge in [0.15, 0.2) is 4.80 Å². The summed E-state index contributed by atoms with van der Waals surface area (Å²) in [7, 11) is 0. The molecule has 3 aromatic rings. The van der Waals surface area contributed by atoms with Gasteiger partial charge in [-0.25, -0.2) is 0 Å². The van der Waals surface area contributed by atoms with E-state index in [1.54, 1.807) is 23.5 Å². The van der Waals surface area contributed by atoms with Crippen LogP contribution < -0.4 is 4.80 Å². The van der Waals surface area contributed by atoms with Crippen LogP contribution in [-0.2, 0) is 11.3 Å². The topological polar surface area (TPSA) is 34.4 Å². The van der Waals surface area contributed by atoms with Gasteiger partial charge in [0.25, 0.3) is 0 Å². The molecule has 0 radical (unpaired) electrons. The van der Waals surface area contributed by atoms with Gasteiger partial charge >= 0.3 is 0 Å². The fourth-order valence-electron chi connectivity index (χ4n) is 2.62. The minimum absolute atomic E-state index is 0.0563. The van der Waals surface area contributed by atoms with Crippen molar-refractivity contribution in [3.63, 3.8) is 0 Å². The van der Waals surface area contributed by atoms with Crippen molar-refractivity contribution in [3.05, 3.63) is 58.4 Å². The Bertz CT molecular complexity index is 966. The first-order chi connectivity index (χ1) is 13.2. The molecule has 142 valence electrons. The van der Waals surface area contributed by atoms with Crippen LogP contribution in [0.25, 0.3) is 10.2 Å². The highest BCUT2D eigenvalue weighted by Gasteiger charge is 2.08. The first-order valence-electron chi connectivity index (χ1n) is 8.70. The summed E-state index contributed by atoms with van der Waals surface area (Å²) in [4.78, 5) is 18.8. The molecule has 3 rings (SSSR count). The number of benzene rings is 2. The maximum Gasteiger partial charge on any atom is 0.248 e. The van der Waals surface area contributed by atoms with Gasteiger partial charge in [-0.05, 0) is 48.8 Å². The number of nitrogens with zero attached hydrogens (tertiary/aromatic N) is 2. The first-order valence-corrected chi connectivity index (χ1v) is 12.3. The van der Waals surface area contributed by atoms with Crippen molar-refractivity contribution in [1.82, 2.24) is 4.57 Å². The molecule has 0 aliphatic heterocycles. The molecule has 0 saturated heterocycles. The number of halogens is 1. The maximum absolute atomic E-state index is 12.4.